The highest BCUT2D eigenvalue weighted by molar-refractivity contribution is 5.62. The molecular weight excluding hydrogens is 184 g/mol. The number of nitrogens with one attached hydrogen (secondary N) is 1. The quantitative estimate of drug-likeness (QED) is 0.752. The van der Waals surface area contributed by atoms with Crippen molar-refractivity contribution < 1.29 is 0 Å². The molecule has 80 valence electrons. The van der Waals surface area contributed by atoms with Gasteiger partial charge in [-0.05, 0) is 42.5 Å². The monoisotopic (exact) mass is 202 g/mol. The summed E-state index contributed by atoms with van der Waals surface area (Å²) in [7, 11) is 0. The molecule has 0 amide bonds. The van der Waals surface area contributed by atoms with Gasteiger partial charge in [0.25, 0.3) is 0 Å². The number of anilines is 2. The van der Waals surface area contributed by atoms with Gasteiger partial charge >= 0.3 is 0 Å². The molecule has 0 spiro atoms. The molecule has 1 aromatic rings. The van der Waals surface area contributed by atoms with Crippen LogP contribution in [0.4, 0.5) is 11.4 Å². The largest absolute Gasteiger partial charge is 0.385 e. The van der Waals surface area contributed by atoms with Crippen LogP contribution in [-0.4, -0.2) is 19.6 Å². The van der Waals surface area contributed by atoms with Gasteiger partial charge in [-0.1, -0.05) is 6.92 Å². The molecule has 0 saturated carbocycles. The molecule has 1 aromatic carbocycles. The summed E-state index contributed by atoms with van der Waals surface area (Å²) in [5.74, 6) is 0.874. The molecule has 3 rings (SSSR count). The Morgan fingerprint density at radius 1 is 1.33 bits per heavy atom. The number of fused-ring (bicyclic) bond motifs is 1. The highest BCUT2D eigenvalue weighted by atomic mass is 15.2. The van der Waals surface area contributed by atoms with E-state index in [2.05, 4.69) is 35.3 Å². The van der Waals surface area contributed by atoms with Crippen molar-refractivity contribution >= 4 is 11.4 Å². The first-order valence-electron chi connectivity index (χ1n) is 5.95. The van der Waals surface area contributed by atoms with Crippen LogP contribution in [0.3, 0.4) is 0 Å². The first-order chi connectivity index (χ1) is 7.33. The van der Waals surface area contributed by atoms with Crippen LogP contribution in [0.25, 0.3) is 0 Å². The summed E-state index contributed by atoms with van der Waals surface area (Å²) in [5, 5.41) is 3.46. The Bertz CT molecular complexity index is 367. The van der Waals surface area contributed by atoms with Crippen molar-refractivity contribution in [3.8, 4) is 0 Å². The van der Waals surface area contributed by atoms with Gasteiger partial charge in [0.05, 0.1) is 0 Å². The third kappa shape index (κ3) is 1.58. The minimum atomic E-state index is 0.874. The smallest absolute Gasteiger partial charge is 0.0374 e. The molecule has 0 aromatic heterocycles. The van der Waals surface area contributed by atoms with E-state index in [0.717, 1.165) is 12.5 Å². The van der Waals surface area contributed by atoms with Crippen molar-refractivity contribution in [3.63, 3.8) is 0 Å². The lowest BCUT2D eigenvalue weighted by Gasteiger charge is -2.39. The second-order valence-corrected chi connectivity index (χ2v) is 4.88. The van der Waals surface area contributed by atoms with Crippen LogP contribution in [0.15, 0.2) is 18.2 Å². The molecule has 0 radical (unpaired) electrons. The van der Waals surface area contributed by atoms with Gasteiger partial charge in [-0.25, -0.2) is 0 Å². The standard InChI is InChI=1S/C13H18N2/c1-10-8-15(9-10)12-4-5-13-11(7-12)3-2-6-14-13/h4-5,7,10,14H,2-3,6,8-9H2,1H3. The molecule has 1 saturated heterocycles. The Morgan fingerprint density at radius 2 is 2.20 bits per heavy atom. The van der Waals surface area contributed by atoms with Gasteiger partial charge in [0, 0.05) is 31.0 Å². The van der Waals surface area contributed by atoms with Gasteiger partial charge in [0.1, 0.15) is 0 Å². The van der Waals surface area contributed by atoms with E-state index in [1.165, 1.54) is 42.9 Å². The van der Waals surface area contributed by atoms with Crippen molar-refractivity contribution in [2.24, 2.45) is 5.92 Å². The zero-order valence-corrected chi connectivity index (χ0v) is 9.29. The van der Waals surface area contributed by atoms with Crippen LogP contribution in [-0.2, 0) is 6.42 Å². The Balaban J connectivity index is 1.85. The third-order valence-corrected chi connectivity index (χ3v) is 3.46. The predicted molar refractivity (Wildman–Crippen MR) is 64.6 cm³/mol. The van der Waals surface area contributed by atoms with E-state index >= 15 is 0 Å². The van der Waals surface area contributed by atoms with Gasteiger partial charge in [-0.15, -0.1) is 0 Å². The van der Waals surface area contributed by atoms with Gasteiger partial charge < -0.3 is 10.2 Å². The van der Waals surface area contributed by atoms with E-state index < -0.39 is 0 Å². The summed E-state index contributed by atoms with van der Waals surface area (Å²) in [4.78, 5) is 2.47. The van der Waals surface area contributed by atoms with Crippen molar-refractivity contribution in [2.75, 3.05) is 29.9 Å². The minimum absolute atomic E-state index is 0.874. The lowest BCUT2D eigenvalue weighted by molar-refractivity contribution is 0.447. The van der Waals surface area contributed by atoms with Crippen LogP contribution < -0.4 is 10.2 Å². The molecule has 0 aliphatic carbocycles. The molecule has 2 aliphatic heterocycles. The molecule has 1 N–H and O–H groups in total. The SMILES string of the molecule is CC1CN(c2ccc3c(c2)CCCN3)C1. The van der Waals surface area contributed by atoms with Crippen molar-refractivity contribution in [2.45, 2.75) is 19.8 Å². The van der Waals surface area contributed by atoms with Crippen LogP contribution >= 0.6 is 0 Å². The maximum atomic E-state index is 3.46. The lowest BCUT2D eigenvalue weighted by Crippen LogP contribution is -2.45. The molecule has 2 nitrogen and oxygen atoms in total. The van der Waals surface area contributed by atoms with E-state index in [0.29, 0.717) is 0 Å². The number of aryl methyl sites for hydroxylation is 1. The molecule has 15 heavy (non-hydrogen) atoms. The summed E-state index contributed by atoms with van der Waals surface area (Å²) >= 11 is 0. The Morgan fingerprint density at radius 3 is 3.00 bits per heavy atom. The van der Waals surface area contributed by atoms with E-state index in [1.54, 1.807) is 0 Å². The molecule has 2 aliphatic rings. The summed E-state index contributed by atoms with van der Waals surface area (Å²) in [5.41, 5.74) is 4.26. The highest BCUT2D eigenvalue weighted by Crippen LogP contribution is 2.30. The van der Waals surface area contributed by atoms with Gasteiger partial charge in [-0.3, -0.25) is 0 Å². The molecule has 0 unspecified atom stereocenters. The third-order valence-electron chi connectivity index (χ3n) is 3.46. The first-order valence-corrected chi connectivity index (χ1v) is 5.95. The second kappa shape index (κ2) is 3.44. The van der Waals surface area contributed by atoms with Crippen molar-refractivity contribution in [1.82, 2.24) is 0 Å². The number of benzene rings is 1. The fourth-order valence-electron chi connectivity index (χ4n) is 2.57. The summed E-state index contributed by atoms with van der Waals surface area (Å²) in [6.07, 6.45) is 2.51. The molecule has 1 fully saturated rings. The number of rotatable bonds is 1. The lowest BCUT2D eigenvalue weighted by atomic mass is 9.98. The van der Waals surface area contributed by atoms with E-state index in [-0.39, 0.29) is 0 Å². The second-order valence-electron chi connectivity index (χ2n) is 4.88. The van der Waals surface area contributed by atoms with Crippen LogP contribution in [0.2, 0.25) is 0 Å². The molecule has 0 bridgehead atoms. The molecule has 0 atom stereocenters. The van der Waals surface area contributed by atoms with Crippen LogP contribution in [0.5, 0.6) is 0 Å². The van der Waals surface area contributed by atoms with Gasteiger partial charge in [0.2, 0.25) is 0 Å². The Kier molecular flexibility index (Phi) is 2.08. The van der Waals surface area contributed by atoms with Crippen LogP contribution in [0, 0.1) is 5.92 Å². The number of hydrogen-bond acceptors (Lipinski definition) is 2. The summed E-state index contributed by atoms with van der Waals surface area (Å²) < 4.78 is 0. The fraction of sp³-hybridized carbons (Fsp3) is 0.538. The van der Waals surface area contributed by atoms with Crippen molar-refractivity contribution in [1.29, 1.82) is 0 Å². The average molecular weight is 202 g/mol. The normalized spacial score (nSPS) is 20.5. The zero-order chi connectivity index (χ0) is 10.3. The van der Waals surface area contributed by atoms with E-state index in [1.807, 2.05) is 0 Å². The molecule has 2 heteroatoms. The zero-order valence-electron chi connectivity index (χ0n) is 9.29. The van der Waals surface area contributed by atoms with Crippen LogP contribution in [0.1, 0.15) is 18.9 Å². The first kappa shape index (κ1) is 9.08. The molecular formula is C13H18N2. The summed E-state index contributed by atoms with van der Waals surface area (Å²) in [6.45, 7) is 5.90. The van der Waals surface area contributed by atoms with E-state index in [9.17, 15) is 0 Å². The minimum Gasteiger partial charge on any atom is -0.385 e. The Hall–Kier alpha value is -1.18. The number of nitrogens with zero attached hydrogens (tertiary/aromatic N) is 1. The fourth-order valence-corrected chi connectivity index (χ4v) is 2.57. The van der Waals surface area contributed by atoms with E-state index in [4.69, 9.17) is 0 Å². The van der Waals surface area contributed by atoms with Gasteiger partial charge in [0.15, 0.2) is 0 Å². The Labute approximate surface area is 91.3 Å². The number of hydrogen-bond donors (Lipinski definition) is 1. The highest BCUT2D eigenvalue weighted by Gasteiger charge is 2.23. The van der Waals surface area contributed by atoms with Crippen molar-refractivity contribution in [3.05, 3.63) is 23.8 Å². The molecule has 2 heterocycles. The predicted octanol–water partition coefficient (Wildman–Crippen LogP) is 2.50. The maximum Gasteiger partial charge on any atom is 0.0374 e. The topological polar surface area (TPSA) is 15.3 Å². The maximum absolute atomic E-state index is 3.46. The average Bonchev–Trinajstić information content (AvgIpc) is 2.24. The van der Waals surface area contributed by atoms with Gasteiger partial charge in [-0.2, -0.15) is 0 Å². The summed E-state index contributed by atoms with van der Waals surface area (Å²) in [6, 6.07) is 6.86.